The number of anilines is 1. The lowest BCUT2D eigenvalue weighted by Gasteiger charge is -2.34. The Kier molecular flexibility index (Phi) is 5.42. The van der Waals surface area contributed by atoms with E-state index < -0.39 is 0 Å². The highest BCUT2D eigenvalue weighted by Crippen LogP contribution is 2.20. The molecule has 0 unspecified atom stereocenters. The lowest BCUT2D eigenvalue weighted by molar-refractivity contribution is 0.0918. The number of pyridine rings is 1. The topological polar surface area (TPSA) is 61.6 Å². The molecule has 0 aromatic carbocycles. The minimum Gasteiger partial charge on any atom is -0.445 e. The SMILES string of the molecule is CSc1ccc(C(=O)NCc2cccnc2N2CCN(C)CC2)o1. The number of furan rings is 1. The van der Waals surface area contributed by atoms with E-state index in [4.69, 9.17) is 4.42 Å². The van der Waals surface area contributed by atoms with Gasteiger partial charge in [0.25, 0.3) is 5.91 Å². The molecule has 0 atom stereocenters. The molecule has 1 N–H and O–H groups in total. The fourth-order valence-corrected chi connectivity index (χ4v) is 3.06. The summed E-state index contributed by atoms with van der Waals surface area (Å²) < 4.78 is 5.46. The zero-order valence-corrected chi connectivity index (χ0v) is 14.8. The lowest BCUT2D eigenvalue weighted by atomic mass is 10.2. The Morgan fingerprint density at radius 1 is 1.29 bits per heavy atom. The van der Waals surface area contributed by atoms with E-state index in [0.29, 0.717) is 12.3 Å². The monoisotopic (exact) mass is 346 g/mol. The number of likely N-dealkylation sites (N-methyl/N-ethyl adjacent to an activating group) is 1. The molecule has 2 aromatic heterocycles. The molecule has 3 heterocycles. The first-order chi connectivity index (χ1) is 11.7. The van der Waals surface area contributed by atoms with Gasteiger partial charge in [-0.2, -0.15) is 0 Å². The highest BCUT2D eigenvalue weighted by molar-refractivity contribution is 7.98. The third-order valence-electron chi connectivity index (χ3n) is 4.12. The molecular weight excluding hydrogens is 324 g/mol. The Hall–Kier alpha value is -1.99. The molecular formula is C17H22N4O2S. The number of carbonyl (C=O) groups excluding carboxylic acids is 1. The van der Waals surface area contributed by atoms with Gasteiger partial charge >= 0.3 is 0 Å². The number of nitrogens with one attached hydrogen (secondary N) is 1. The van der Waals surface area contributed by atoms with Crippen molar-refractivity contribution in [3.05, 3.63) is 41.8 Å². The third kappa shape index (κ3) is 3.91. The van der Waals surface area contributed by atoms with Crippen molar-refractivity contribution >= 4 is 23.5 Å². The van der Waals surface area contributed by atoms with Crippen LogP contribution in [-0.4, -0.2) is 55.3 Å². The Labute approximate surface area is 146 Å². The first-order valence-corrected chi connectivity index (χ1v) is 9.19. The maximum absolute atomic E-state index is 12.2. The summed E-state index contributed by atoms with van der Waals surface area (Å²) in [5.74, 6) is 1.09. The highest BCUT2D eigenvalue weighted by atomic mass is 32.2. The number of hydrogen-bond acceptors (Lipinski definition) is 6. The lowest BCUT2D eigenvalue weighted by Crippen LogP contribution is -2.45. The highest BCUT2D eigenvalue weighted by Gasteiger charge is 2.18. The van der Waals surface area contributed by atoms with E-state index in [-0.39, 0.29) is 5.91 Å². The number of hydrogen-bond donors (Lipinski definition) is 1. The first kappa shape index (κ1) is 16.9. The molecule has 128 valence electrons. The van der Waals surface area contributed by atoms with E-state index in [1.54, 1.807) is 18.3 Å². The Balaban J connectivity index is 1.66. The second-order valence-corrected chi connectivity index (χ2v) is 6.59. The summed E-state index contributed by atoms with van der Waals surface area (Å²) in [6.07, 6.45) is 3.72. The number of aromatic nitrogens is 1. The van der Waals surface area contributed by atoms with Crippen LogP contribution in [0, 0.1) is 0 Å². The number of piperazine rings is 1. The van der Waals surface area contributed by atoms with Crippen molar-refractivity contribution in [3.63, 3.8) is 0 Å². The number of nitrogens with zero attached hydrogens (tertiary/aromatic N) is 3. The molecule has 1 saturated heterocycles. The molecule has 0 aliphatic carbocycles. The fraction of sp³-hybridized carbons (Fsp3) is 0.412. The summed E-state index contributed by atoms with van der Waals surface area (Å²) in [5, 5.41) is 3.66. The van der Waals surface area contributed by atoms with Gasteiger partial charge in [0, 0.05) is 44.5 Å². The molecule has 1 fully saturated rings. The van der Waals surface area contributed by atoms with Crippen LogP contribution in [0.25, 0.3) is 0 Å². The van der Waals surface area contributed by atoms with Crippen molar-refractivity contribution in [2.75, 3.05) is 44.4 Å². The largest absolute Gasteiger partial charge is 0.445 e. The summed E-state index contributed by atoms with van der Waals surface area (Å²) in [5.41, 5.74) is 1.02. The molecule has 1 amide bonds. The average Bonchev–Trinajstić information content (AvgIpc) is 3.10. The molecule has 2 aromatic rings. The van der Waals surface area contributed by atoms with E-state index in [0.717, 1.165) is 42.7 Å². The van der Waals surface area contributed by atoms with Gasteiger partial charge in [0.2, 0.25) is 0 Å². The molecule has 0 radical (unpaired) electrons. The van der Waals surface area contributed by atoms with Gasteiger partial charge in [-0.25, -0.2) is 4.98 Å². The molecule has 24 heavy (non-hydrogen) atoms. The molecule has 0 bridgehead atoms. The minimum absolute atomic E-state index is 0.205. The van der Waals surface area contributed by atoms with Gasteiger partial charge in [-0.3, -0.25) is 4.79 Å². The summed E-state index contributed by atoms with van der Waals surface area (Å²) >= 11 is 1.48. The van der Waals surface area contributed by atoms with E-state index in [1.807, 2.05) is 18.4 Å². The smallest absolute Gasteiger partial charge is 0.287 e. The Morgan fingerprint density at radius 3 is 2.79 bits per heavy atom. The van der Waals surface area contributed by atoms with Crippen LogP contribution in [0.3, 0.4) is 0 Å². The van der Waals surface area contributed by atoms with Crippen LogP contribution < -0.4 is 10.2 Å². The fourth-order valence-electron chi connectivity index (χ4n) is 2.69. The number of amides is 1. The summed E-state index contributed by atoms with van der Waals surface area (Å²) in [6, 6.07) is 7.42. The van der Waals surface area contributed by atoms with Crippen LogP contribution in [0.5, 0.6) is 0 Å². The average molecular weight is 346 g/mol. The van der Waals surface area contributed by atoms with Crippen molar-refractivity contribution in [2.45, 2.75) is 11.6 Å². The second kappa shape index (κ2) is 7.72. The standard InChI is InChI=1S/C17H22N4O2S/c1-20-8-10-21(11-9-20)16-13(4-3-7-18-16)12-19-17(22)14-5-6-15(23-14)24-2/h3-7H,8-12H2,1-2H3,(H,19,22). The van der Waals surface area contributed by atoms with Crippen molar-refractivity contribution in [1.82, 2.24) is 15.2 Å². The summed E-state index contributed by atoms with van der Waals surface area (Å²) in [7, 11) is 2.13. The van der Waals surface area contributed by atoms with E-state index in [1.165, 1.54) is 11.8 Å². The van der Waals surface area contributed by atoms with Crippen molar-refractivity contribution < 1.29 is 9.21 Å². The number of carbonyl (C=O) groups is 1. The zero-order valence-electron chi connectivity index (χ0n) is 14.0. The molecule has 0 spiro atoms. The number of thioether (sulfide) groups is 1. The summed E-state index contributed by atoms with van der Waals surface area (Å²) in [4.78, 5) is 21.3. The van der Waals surface area contributed by atoms with Gasteiger partial charge in [-0.05, 0) is 31.5 Å². The van der Waals surface area contributed by atoms with E-state index >= 15 is 0 Å². The maximum atomic E-state index is 12.2. The van der Waals surface area contributed by atoms with Gasteiger partial charge in [0.05, 0.1) is 0 Å². The molecule has 0 saturated carbocycles. The molecule has 1 aliphatic rings. The van der Waals surface area contributed by atoms with Crippen molar-refractivity contribution in [2.24, 2.45) is 0 Å². The molecule has 6 nitrogen and oxygen atoms in total. The normalized spacial score (nSPS) is 15.5. The first-order valence-electron chi connectivity index (χ1n) is 7.97. The van der Waals surface area contributed by atoms with Gasteiger partial charge in [0.15, 0.2) is 10.9 Å². The van der Waals surface area contributed by atoms with E-state index in [9.17, 15) is 4.79 Å². The van der Waals surface area contributed by atoms with E-state index in [2.05, 4.69) is 27.1 Å². The van der Waals surface area contributed by atoms with Gasteiger partial charge in [-0.15, -0.1) is 0 Å². The van der Waals surface area contributed by atoms with Crippen molar-refractivity contribution in [1.29, 1.82) is 0 Å². The molecule has 3 rings (SSSR count). The van der Waals surface area contributed by atoms with Crippen molar-refractivity contribution in [3.8, 4) is 0 Å². The van der Waals surface area contributed by atoms with Crippen LogP contribution in [0.15, 0.2) is 40.0 Å². The van der Waals surface area contributed by atoms with Gasteiger partial charge < -0.3 is 19.5 Å². The van der Waals surface area contributed by atoms with Gasteiger partial charge in [-0.1, -0.05) is 17.8 Å². The predicted molar refractivity (Wildman–Crippen MR) is 95.6 cm³/mol. The predicted octanol–water partition coefficient (Wildman–Crippen LogP) is 2.08. The van der Waals surface area contributed by atoms with Crippen LogP contribution in [0.2, 0.25) is 0 Å². The quantitative estimate of drug-likeness (QED) is 0.837. The molecule has 1 aliphatic heterocycles. The minimum atomic E-state index is -0.205. The Morgan fingerprint density at radius 2 is 2.08 bits per heavy atom. The van der Waals surface area contributed by atoms with Crippen LogP contribution in [-0.2, 0) is 6.54 Å². The second-order valence-electron chi connectivity index (χ2n) is 5.78. The van der Waals surface area contributed by atoms with Gasteiger partial charge in [0.1, 0.15) is 5.82 Å². The summed E-state index contributed by atoms with van der Waals surface area (Å²) in [6.45, 7) is 4.37. The maximum Gasteiger partial charge on any atom is 0.287 e. The molecule has 7 heteroatoms. The number of rotatable bonds is 5. The zero-order chi connectivity index (χ0) is 16.9. The van der Waals surface area contributed by atoms with Crippen LogP contribution in [0.1, 0.15) is 16.1 Å². The Bertz CT molecular complexity index is 695. The third-order valence-corrected chi connectivity index (χ3v) is 4.74. The van der Waals surface area contributed by atoms with Crippen LogP contribution >= 0.6 is 11.8 Å². The van der Waals surface area contributed by atoms with Crippen LogP contribution in [0.4, 0.5) is 5.82 Å².